The lowest BCUT2D eigenvalue weighted by atomic mass is 10.1. The van der Waals surface area contributed by atoms with E-state index in [0.29, 0.717) is 16.3 Å². The number of nitrogens with one attached hydrogen (secondary N) is 1. The minimum Gasteiger partial charge on any atom is -0.478 e. The zero-order chi connectivity index (χ0) is 18.6. The molecule has 0 aliphatic rings. The van der Waals surface area contributed by atoms with Gasteiger partial charge >= 0.3 is 5.97 Å². The van der Waals surface area contributed by atoms with Gasteiger partial charge in [0.25, 0.3) is 0 Å². The number of carbonyl (C=O) groups is 2. The van der Waals surface area contributed by atoms with Crippen LogP contribution in [0.4, 0.5) is 5.69 Å². The van der Waals surface area contributed by atoms with Gasteiger partial charge in [0.2, 0.25) is 5.91 Å². The third-order valence-electron chi connectivity index (χ3n) is 3.46. The molecule has 7 heteroatoms. The topological polar surface area (TPSA) is 103 Å². The van der Waals surface area contributed by atoms with Gasteiger partial charge in [-0.05, 0) is 50.6 Å². The maximum absolute atomic E-state index is 12.4. The summed E-state index contributed by atoms with van der Waals surface area (Å²) in [7, 11) is 0. The van der Waals surface area contributed by atoms with Crippen molar-refractivity contribution in [2.45, 2.75) is 31.0 Å². The maximum Gasteiger partial charge on any atom is 0.335 e. The van der Waals surface area contributed by atoms with Crippen molar-refractivity contribution in [2.75, 3.05) is 5.32 Å². The van der Waals surface area contributed by atoms with Crippen molar-refractivity contribution < 1.29 is 14.7 Å². The normalized spacial score (nSPS) is 11.4. The molecule has 1 aromatic heterocycles. The molecule has 2 N–H and O–H groups in total. The fraction of sp³-hybridized carbons (Fsp3) is 0.222. The standard InChI is InChI=1S/C18H17N3O3S/c1-10-7-11(2)20-17(15(10)9-19)25-12(3)16(22)21-14-6-4-5-13(8-14)18(23)24/h4-8,12H,1-3H3,(H,21,22)(H,23,24). The Bertz CT molecular complexity index is 874. The second kappa shape index (κ2) is 7.81. The summed E-state index contributed by atoms with van der Waals surface area (Å²) in [5.74, 6) is -1.35. The number of rotatable bonds is 5. The number of anilines is 1. The predicted octanol–water partition coefficient (Wildman–Crippen LogP) is 3.39. The van der Waals surface area contributed by atoms with Crippen LogP contribution >= 0.6 is 11.8 Å². The number of pyridine rings is 1. The summed E-state index contributed by atoms with van der Waals surface area (Å²) in [5.41, 5.74) is 2.57. The minimum absolute atomic E-state index is 0.0980. The molecule has 1 heterocycles. The smallest absolute Gasteiger partial charge is 0.335 e. The number of aromatic carboxylic acids is 1. The predicted molar refractivity (Wildman–Crippen MR) is 95.8 cm³/mol. The van der Waals surface area contributed by atoms with Crippen molar-refractivity contribution in [3.63, 3.8) is 0 Å². The summed E-state index contributed by atoms with van der Waals surface area (Å²) in [5, 5.41) is 21.0. The van der Waals surface area contributed by atoms with E-state index in [4.69, 9.17) is 5.11 Å². The van der Waals surface area contributed by atoms with Gasteiger partial charge in [-0.15, -0.1) is 0 Å². The van der Waals surface area contributed by atoms with Gasteiger partial charge in [-0.2, -0.15) is 5.26 Å². The molecule has 0 saturated heterocycles. The highest BCUT2D eigenvalue weighted by Crippen LogP contribution is 2.28. The first-order chi connectivity index (χ1) is 11.8. The summed E-state index contributed by atoms with van der Waals surface area (Å²) in [6.07, 6.45) is 0. The van der Waals surface area contributed by atoms with Gasteiger partial charge in [0.1, 0.15) is 11.1 Å². The molecule has 0 radical (unpaired) electrons. The molecule has 6 nitrogen and oxygen atoms in total. The van der Waals surface area contributed by atoms with Crippen LogP contribution in [0, 0.1) is 25.2 Å². The number of benzene rings is 1. The van der Waals surface area contributed by atoms with Gasteiger partial charge in [0, 0.05) is 11.4 Å². The number of carbonyl (C=O) groups excluding carboxylic acids is 1. The molecule has 1 unspecified atom stereocenters. The van der Waals surface area contributed by atoms with E-state index in [1.165, 1.54) is 23.9 Å². The number of carboxylic acid groups (broad SMARTS) is 1. The Morgan fingerprint density at radius 3 is 2.68 bits per heavy atom. The summed E-state index contributed by atoms with van der Waals surface area (Å²) < 4.78 is 0. The first-order valence-corrected chi connectivity index (χ1v) is 8.39. The lowest BCUT2D eigenvalue weighted by Gasteiger charge is -2.14. The monoisotopic (exact) mass is 355 g/mol. The molecule has 1 amide bonds. The van der Waals surface area contributed by atoms with Gasteiger partial charge < -0.3 is 10.4 Å². The molecule has 0 bridgehead atoms. The van der Waals surface area contributed by atoms with E-state index in [1.54, 1.807) is 19.1 Å². The Morgan fingerprint density at radius 1 is 1.32 bits per heavy atom. The highest BCUT2D eigenvalue weighted by Gasteiger charge is 2.19. The highest BCUT2D eigenvalue weighted by molar-refractivity contribution is 8.00. The van der Waals surface area contributed by atoms with E-state index in [9.17, 15) is 14.9 Å². The van der Waals surface area contributed by atoms with E-state index < -0.39 is 11.2 Å². The van der Waals surface area contributed by atoms with Crippen LogP contribution in [0.5, 0.6) is 0 Å². The third kappa shape index (κ3) is 4.58. The van der Waals surface area contributed by atoms with Crippen molar-refractivity contribution in [1.29, 1.82) is 5.26 Å². The van der Waals surface area contributed by atoms with Crippen molar-refractivity contribution in [3.8, 4) is 6.07 Å². The number of hydrogen-bond donors (Lipinski definition) is 2. The number of thioether (sulfide) groups is 1. The second-order valence-electron chi connectivity index (χ2n) is 5.51. The van der Waals surface area contributed by atoms with Gasteiger partial charge in [0.15, 0.2) is 0 Å². The van der Waals surface area contributed by atoms with E-state index in [1.807, 2.05) is 19.9 Å². The maximum atomic E-state index is 12.4. The Labute approximate surface area is 149 Å². The fourth-order valence-electron chi connectivity index (χ4n) is 2.22. The van der Waals surface area contributed by atoms with Crippen molar-refractivity contribution in [2.24, 2.45) is 0 Å². The molecule has 1 aromatic carbocycles. The quantitative estimate of drug-likeness (QED) is 0.797. The summed E-state index contributed by atoms with van der Waals surface area (Å²) in [6.45, 7) is 5.38. The molecule has 0 saturated carbocycles. The van der Waals surface area contributed by atoms with Crippen LogP contribution in [0.3, 0.4) is 0 Å². The first kappa shape index (κ1) is 18.5. The minimum atomic E-state index is -1.06. The van der Waals surface area contributed by atoms with Gasteiger partial charge in [-0.1, -0.05) is 17.8 Å². The molecule has 2 rings (SSSR count). The zero-order valence-electron chi connectivity index (χ0n) is 14.0. The Balaban J connectivity index is 2.15. The van der Waals surface area contributed by atoms with Crippen LogP contribution in [-0.2, 0) is 4.79 Å². The highest BCUT2D eigenvalue weighted by atomic mass is 32.2. The molecule has 0 fully saturated rings. The summed E-state index contributed by atoms with van der Waals surface area (Å²) in [6, 6.07) is 9.99. The largest absolute Gasteiger partial charge is 0.478 e. The van der Waals surface area contributed by atoms with Crippen LogP contribution < -0.4 is 5.32 Å². The molecule has 0 aliphatic heterocycles. The van der Waals surface area contributed by atoms with Crippen molar-refractivity contribution >= 4 is 29.3 Å². The van der Waals surface area contributed by atoms with Crippen LogP contribution in [0.15, 0.2) is 35.4 Å². The number of hydrogen-bond acceptors (Lipinski definition) is 5. The Kier molecular flexibility index (Phi) is 5.78. The van der Waals surface area contributed by atoms with Gasteiger partial charge in [-0.25, -0.2) is 9.78 Å². The number of nitriles is 1. The zero-order valence-corrected chi connectivity index (χ0v) is 14.8. The number of carboxylic acids is 1. The lowest BCUT2D eigenvalue weighted by molar-refractivity contribution is -0.115. The second-order valence-corrected chi connectivity index (χ2v) is 6.84. The summed E-state index contributed by atoms with van der Waals surface area (Å²) in [4.78, 5) is 27.7. The van der Waals surface area contributed by atoms with E-state index >= 15 is 0 Å². The van der Waals surface area contributed by atoms with E-state index in [-0.39, 0.29) is 11.5 Å². The molecule has 1 atom stereocenters. The average molecular weight is 355 g/mol. The van der Waals surface area contributed by atoms with Crippen molar-refractivity contribution in [3.05, 3.63) is 52.7 Å². The summed E-state index contributed by atoms with van der Waals surface area (Å²) >= 11 is 1.20. The lowest BCUT2D eigenvalue weighted by Crippen LogP contribution is -2.23. The average Bonchev–Trinajstić information content (AvgIpc) is 2.54. The third-order valence-corrected chi connectivity index (χ3v) is 4.54. The van der Waals surface area contributed by atoms with Crippen LogP contribution in [-0.4, -0.2) is 27.2 Å². The molecule has 0 spiro atoms. The number of aryl methyl sites for hydroxylation is 2. The van der Waals surface area contributed by atoms with Crippen LogP contribution in [0.25, 0.3) is 0 Å². The molecular weight excluding hydrogens is 338 g/mol. The van der Waals surface area contributed by atoms with Gasteiger partial charge in [0.05, 0.1) is 16.4 Å². The first-order valence-electron chi connectivity index (χ1n) is 7.51. The van der Waals surface area contributed by atoms with E-state index in [0.717, 1.165) is 11.3 Å². The number of amides is 1. The van der Waals surface area contributed by atoms with Gasteiger partial charge in [-0.3, -0.25) is 4.79 Å². The Morgan fingerprint density at radius 2 is 2.04 bits per heavy atom. The SMILES string of the molecule is Cc1cc(C)c(C#N)c(SC(C)C(=O)Nc2cccc(C(=O)O)c2)n1. The number of aromatic nitrogens is 1. The molecule has 2 aromatic rings. The van der Waals surface area contributed by atoms with Crippen molar-refractivity contribution in [1.82, 2.24) is 4.98 Å². The molecular formula is C18H17N3O3S. The molecule has 128 valence electrons. The van der Waals surface area contributed by atoms with E-state index in [2.05, 4.69) is 16.4 Å². The van der Waals surface area contributed by atoms with Crippen LogP contribution in [0.1, 0.15) is 34.1 Å². The molecule has 25 heavy (non-hydrogen) atoms. The fourth-order valence-corrected chi connectivity index (χ4v) is 3.24. The Hall–Kier alpha value is -2.85. The number of nitrogens with zero attached hydrogens (tertiary/aromatic N) is 2. The van der Waals surface area contributed by atoms with Crippen LogP contribution in [0.2, 0.25) is 0 Å². The molecule has 0 aliphatic carbocycles.